The molecule has 0 aromatic carbocycles. The van der Waals surface area contributed by atoms with Crippen LogP contribution in [0, 0.1) is 12.8 Å². The van der Waals surface area contributed by atoms with Crippen molar-refractivity contribution < 1.29 is 14.3 Å². The monoisotopic (exact) mass is 379 g/mol. The molecule has 2 aliphatic rings. The molecule has 3 heterocycles. The molecule has 0 spiro atoms. The first kappa shape index (κ1) is 19.3. The molecule has 0 bridgehead atoms. The first-order valence-electron chi connectivity index (χ1n) is 9.41. The topological polar surface area (TPSA) is 62.7 Å². The predicted octanol–water partition coefficient (Wildman–Crippen LogP) is 2.46. The van der Waals surface area contributed by atoms with Gasteiger partial charge in [-0.1, -0.05) is 20.8 Å². The molecule has 6 nitrogen and oxygen atoms in total. The van der Waals surface area contributed by atoms with Crippen LogP contribution in [-0.4, -0.2) is 66.0 Å². The van der Waals surface area contributed by atoms with Crippen molar-refractivity contribution in [2.75, 3.05) is 39.4 Å². The Hall–Kier alpha value is -1.47. The third kappa shape index (κ3) is 4.09. The number of hydrogen-bond donors (Lipinski definition) is 0. The Labute approximate surface area is 159 Å². The quantitative estimate of drug-likeness (QED) is 0.792. The van der Waals surface area contributed by atoms with Crippen LogP contribution in [0.3, 0.4) is 0 Å². The van der Waals surface area contributed by atoms with Crippen LogP contribution in [0.1, 0.15) is 54.0 Å². The summed E-state index contributed by atoms with van der Waals surface area (Å²) in [5.74, 6) is 0.0956. The zero-order valence-corrected chi connectivity index (χ0v) is 17.0. The number of piperidine rings is 1. The average Bonchev–Trinajstić information content (AvgIpc) is 3.03. The summed E-state index contributed by atoms with van der Waals surface area (Å²) in [5, 5.41) is 0.983. The number of carbonyl (C=O) groups is 2. The second kappa shape index (κ2) is 7.64. The zero-order chi connectivity index (χ0) is 18.9. The molecule has 2 amide bonds. The van der Waals surface area contributed by atoms with E-state index in [1.54, 1.807) is 0 Å². The summed E-state index contributed by atoms with van der Waals surface area (Å²) in [4.78, 5) is 34.9. The average molecular weight is 380 g/mol. The van der Waals surface area contributed by atoms with E-state index in [0.717, 1.165) is 28.4 Å². The van der Waals surface area contributed by atoms with E-state index >= 15 is 0 Å². The number of ether oxygens (including phenoxy) is 1. The highest BCUT2D eigenvalue weighted by Crippen LogP contribution is 2.31. The van der Waals surface area contributed by atoms with Crippen LogP contribution in [0.4, 0.5) is 0 Å². The highest BCUT2D eigenvalue weighted by Gasteiger charge is 2.33. The van der Waals surface area contributed by atoms with Crippen molar-refractivity contribution >= 4 is 23.2 Å². The molecule has 2 fully saturated rings. The molecule has 1 unspecified atom stereocenters. The van der Waals surface area contributed by atoms with Crippen molar-refractivity contribution in [1.82, 2.24) is 14.8 Å². The fourth-order valence-corrected chi connectivity index (χ4v) is 4.56. The number of aryl methyl sites for hydroxylation is 1. The molecule has 144 valence electrons. The minimum absolute atomic E-state index is 0.0231. The van der Waals surface area contributed by atoms with E-state index in [1.807, 2.05) is 16.7 Å². The molecule has 7 heteroatoms. The normalized spacial score (nSPS) is 21.8. The Balaban J connectivity index is 1.70. The van der Waals surface area contributed by atoms with Crippen molar-refractivity contribution in [2.45, 2.75) is 46.0 Å². The number of aromatic nitrogens is 1. The van der Waals surface area contributed by atoms with Crippen LogP contribution in [-0.2, 0) is 14.9 Å². The van der Waals surface area contributed by atoms with Crippen LogP contribution >= 0.6 is 11.3 Å². The minimum atomic E-state index is -0.0962. The Kier molecular flexibility index (Phi) is 5.67. The summed E-state index contributed by atoms with van der Waals surface area (Å²) in [6.45, 7) is 12.0. The van der Waals surface area contributed by atoms with E-state index in [4.69, 9.17) is 4.74 Å². The smallest absolute Gasteiger partial charge is 0.265 e. The Bertz CT molecular complexity index is 674. The highest BCUT2D eigenvalue weighted by molar-refractivity contribution is 7.14. The SMILES string of the molecule is Cc1nc(C(C)(C)C)sc1C(=O)N1CCCC(C(=O)N2CCOCC2)C1. The summed E-state index contributed by atoms with van der Waals surface area (Å²) in [6, 6.07) is 0. The van der Waals surface area contributed by atoms with Gasteiger partial charge in [-0.05, 0) is 19.8 Å². The lowest BCUT2D eigenvalue weighted by Gasteiger charge is -2.36. The highest BCUT2D eigenvalue weighted by atomic mass is 32.1. The second-order valence-corrected chi connectivity index (χ2v) is 9.21. The molecule has 0 N–H and O–H groups in total. The van der Waals surface area contributed by atoms with Gasteiger partial charge in [0.15, 0.2) is 0 Å². The first-order valence-corrected chi connectivity index (χ1v) is 10.2. The van der Waals surface area contributed by atoms with Crippen molar-refractivity contribution in [3.63, 3.8) is 0 Å². The van der Waals surface area contributed by atoms with E-state index in [2.05, 4.69) is 25.8 Å². The lowest BCUT2D eigenvalue weighted by molar-refractivity contribution is -0.141. The van der Waals surface area contributed by atoms with Gasteiger partial charge in [-0.3, -0.25) is 9.59 Å². The van der Waals surface area contributed by atoms with Gasteiger partial charge in [0.25, 0.3) is 5.91 Å². The first-order chi connectivity index (χ1) is 12.3. The maximum absolute atomic E-state index is 13.1. The summed E-state index contributed by atoms with van der Waals surface area (Å²) >= 11 is 1.49. The van der Waals surface area contributed by atoms with Gasteiger partial charge in [-0.15, -0.1) is 11.3 Å². The second-order valence-electron chi connectivity index (χ2n) is 8.21. The number of likely N-dealkylation sites (tertiary alicyclic amines) is 1. The summed E-state index contributed by atoms with van der Waals surface area (Å²) < 4.78 is 5.33. The third-order valence-corrected chi connectivity index (χ3v) is 6.58. The van der Waals surface area contributed by atoms with Gasteiger partial charge in [0.2, 0.25) is 5.91 Å². The van der Waals surface area contributed by atoms with Gasteiger partial charge in [0.05, 0.1) is 29.8 Å². The molecule has 0 aliphatic carbocycles. The number of thiazole rings is 1. The predicted molar refractivity (Wildman–Crippen MR) is 102 cm³/mol. The largest absolute Gasteiger partial charge is 0.378 e. The molecular weight excluding hydrogens is 350 g/mol. The third-order valence-electron chi connectivity index (χ3n) is 5.01. The summed E-state index contributed by atoms with van der Waals surface area (Å²) in [6.07, 6.45) is 1.73. The lowest BCUT2D eigenvalue weighted by Crippen LogP contribution is -2.49. The van der Waals surface area contributed by atoms with Gasteiger partial charge >= 0.3 is 0 Å². The van der Waals surface area contributed by atoms with Crippen molar-refractivity contribution in [1.29, 1.82) is 0 Å². The van der Waals surface area contributed by atoms with Crippen LogP contribution in [0.5, 0.6) is 0 Å². The molecule has 0 saturated carbocycles. The van der Waals surface area contributed by atoms with Crippen LogP contribution < -0.4 is 0 Å². The maximum atomic E-state index is 13.1. The van der Waals surface area contributed by atoms with Gasteiger partial charge in [-0.25, -0.2) is 4.98 Å². The molecule has 1 aromatic heterocycles. The fourth-order valence-electron chi connectivity index (χ4n) is 3.46. The van der Waals surface area contributed by atoms with Gasteiger partial charge in [0.1, 0.15) is 4.88 Å². The van der Waals surface area contributed by atoms with E-state index in [9.17, 15) is 9.59 Å². The van der Waals surface area contributed by atoms with Gasteiger partial charge < -0.3 is 14.5 Å². The minimum Gasteiger partial charge on any atom is -0.378 e. The molecule has 2 aliphatic heterocycles. The van der Waals surface area contributed by atoms with Crippen LogP contribution in [0.15, 0.2) is 0 Å². The number of rotatable bonds is 2. The van der Waals surface area contributed by atoms with Crippen LogP contribution in [0.2, 0.25) is 0 Å². The van der Waals surface area contributed by atoms with Gasteiger partial charge in [-0.2, -0.15) is 0 Å². The van der Waals surface area contributed by atoms with Crippen LogP contribution in [0.25, 0.3) is 0 Å². The number of carbonyl (C=O) groups excluding carboxylic acids is 2. The molecule has 3 rings (SSSR count). The molecule has 1 aromatic rings. The molecule has 1 atom stereocenters. The summed E-state index contributed by atoms with van der Waals surface area (Å²) in [7, 11) is 0. The molecule has 26 heavy (non-hydrogen) atoms. The van der Waals surface area contributed by atoms with E-state index in [1.165, 1.54) is 11.3 Å². The fraction of sp³-hybridized carbons (Fsp3) is 0.737. The zero-order valence-electron chi connectivity index (χ0n) is 16.2. The lowest BCUT2D eigenvalue weighted by atomic mass is 9.96. The molecule has 0 radical (unpaired) electrons. The Morgan fingerprint density at radius 1 is 1.15 bits per heavy atom. The molecular formula is C19H29N3O3S. The van der Waals surface area contributed by atoms with E-state index in [-0.39, 0.29) is 23.1 Å². The van der Waals surface area contributed by atoms with E-state index in [0.29, 0.717) is 39.4 Å². The summed E-state index contributed by atoms with van der Waals surface area (Å²) in [5.41, 5.74) is 0.733. The number of nitrogens with zero attached hydrogens (tertiary/aromatic N) is 3. The van der Waals surface area contributed by atoms with E-state index < -0.39 is 0 Å². The Morgan fingerprint density at radius 2 is 1.85 bits per heavy atom. The Morgan fingerprint density at radius 3 is 2.46 bits per heavy atom. The maximum Gasteiger partial charge on any atom is 0.265 e. The molecule has 2 saturated heterocycles. The number of hydrogen-bond acceptors (Lipinski definition) is 5. The number of amides is 2. The van der Waals surface area contributed by atoms with Crippen molar-refractivity contribution in [3.05, 3.63) is 15.6 Å². The number of morpholine rings is 1. The van der Waals surface area contributed by atoms with Gasteiger partial charge in [0, 0.05) is 31.6 Å². The van der Waals surface area contributed by atoms with Crippen molar-refractivity contribution in [2.24, 2.45) is 5.92 Å². The standard InChI is InChI=1S/C19H29N3O3S/c1-13-15(26-18(20-13)19(2,3)4)17(24)22-7-5-6-14(12-22)16(23)21-8-10-25-11-9-21/h14H,5-12H2,1-4H3. The van der Waals surface area contributed by atoms with Crippen molar-refractivity contribution in [3.8, 4) is 0 Å².